The molecule has 0 saturated heterocycles. The number of hydrogen-bond donors (Lipinski definition) is 2. The second-order valence-electron chi connectivity index (χ2n) is 4.29. The zero-order chi connectivity index (χ0) is 15.1. The number of rotatable bonds is 4. The number of anilines is 2. The highest BCUT2D eigenvalue weighted by Crippen LogP contribution is 2.11. The Hall–Kier alpha value is -3.31. The lowest BCUT2D eigenvalue weighted by molar-refractivity contribution is -0.114. The van der Waals surface area contributed by atoms with E-state index >= 15 is 0 Å². The van der Waals surface area contributed by atoms with Crippen molar-refractivity contribution in [2.24, 2.45) is 0 Å². The van der Waals surface area contributed by atoms with E-state index in [4.69, 9.17) is 10.5 Å². The van der Waals surface area contributed by atoms with E-state index < -0.39 is 0 Å². The fourth-order valence-electron chi connectivity index (χ4n) is 1.75. The average molecular weight is 276 g/mol. The van der Waals surface area contributed by atoms with E-state index in [9.17, 15) is 4.79 Å². The lowest BCUT2D eigenvalue weighted by Gasteiger charge is -2.08. The molecule has 2 N–H and O–H groups in total. The maximum atomic E-state index is 11.8. The SMILES string of the molecule is N#Cc1cccc(NCC(=O)Nc2cccc(C#N)c2)c1. The Morgan fingerprint density at radius 2 is 1.52 bits per heavy atom. The summed E-state index contributed by atoms with van der Waals surface area (Å²) in [5, 5.41) is 23.2. The number of benzene rings is 2. The van der Waals surface area contributed by atoms with Crippen LogP contribution in [0.15, 0.2) is 48.5 Å². The molecule has 0 fully saturated rings. The Kier molecular flexibility index (Phi) is 4.53. The molecule has 0 aromatic heterocycles. The van der Waals surface area contributed by atoms with Crippen molar-refractivity contribution in [3.05, 3.63) is 59.7 Å². The van der Waals surface area contributed by atoms with Gasteiger partial charge in [-0.2, -0.15) is 10.5 Å². The third-order valence-corrected chi connectivity index (χ3v) is 2.72. The minimum atomic E-state index is -0.229. The Balaban J connectivity index is 1.93. The molecule has 0 unspecified atom stereocenters. The fraction of sp³-hybridized carbons (Fsp3) is 0.0625. The van der Waals surface area contributed by atoms with Crippen LogP contribution in [-0.2, 0) is 4.79 Å². The first-order valence-electron chi connectivity index (χ1n) is 6.25. The van der Waals surface area contributed by atoms with E-state index in [1.165, 1.54) is 0 Å². The largest absolute Gasteiger partial charge is 0.376 e. The van der Waals surface area contributed by atoms with Gasteiger partial charge in [-0.1, -0.05) is 12.1 Å². The van der Waals surface area contributed by atoms with Gasteiger partial charge in [0.25, 0.3) is 0 Å². The monoisotopic (exact) mass is 276 g/mol. The third kappa shape index (κ3) is 4.09. The fourth-order valence-corrected chi connectivity index (χ4v) is 1.75. The summed E-state index contributed by atoms with van der Waals surface area (Å²) in [5.74, 6) is -0.229. The molecular weight excluding hydrogens is 264 g/mol. The lowest BCUT2D eigenvalue weighted by Crippen LogP contribution is -2.21. The van der Waals surface area contributed by atoms with Crippen molar-refractivity contribution >= 4 is 17.3 Å². The number of nitrogens with zero attached hydrogens (tertiary/aromatic N) is 2. The highest BCUT2D eigenvalue weighted by Gasteiger charge is 2.03. The van der Waals surface area contributed by atoms with Gasteiger partial charge in [0.1, 0.15) is 0 Å². The summed E-state index contributed by atoms with van der Waals surface area (Å²) in [7, 11) is 0. The second kappa shape index (κ2) is 6.74. The number of nitriles is 2. The standard InChI is InChI=1S/C16H12N4O/c17-9-12-3-1-5-14(7-12)19-11-16(21)20-15-6-2-4-13(8-15)10-18/h1-8,19H,11H2,(H,20,21). The highest BCUT2D eigenvalue weighted by molar-refractivity contribution is 5.93. The summed E-state index contributed by atoms with van der Waals surface area (Å²) in [6.07, 6.45) is 0. The summed E-state index contributed by atoms with van der Waals surface area (Å²) < 4.78 is 0. The number of amides is 1. The highest BCUT2D eigenvalue weighted by atomic mass is 16.1. The van der Waals surface area contributed by atoms with Gasteiger partial charge in [-0.15, -0.1) is 0 Å². The van der Waals surface area contributed by atoms with E-state index in [1.807, 2.05) is 12.1 Å². The second-order valence-corrected chi connectivity index (χ2v) is 4.29. The van der Waals surface area contributed by atoms with Crippen LogP contribution in [0.25, 0.3) is 0 Å². The van der Waals surface area contributed by atoms with Gasteiger partial charge in [0.15, 0.2) is 0 Å². The van der Waals surface area contributed by atoms with Crippen LogP contribution in [-0.4, -0.2) is 12.5 Å². The first kappa shape index (κ1) is 14.1. The molecular formula is C16H12N4O. The van der Waals surface area contributed by atoms with E-state index in [0.29, 0.717) is 22.5 Å². The van der Waals surface area contributed by atoms with Crippen molar-refractivity contribution in [2.45, 2.75) is 0 Å². The van der Waals surface area contributed by atoms with E-state index in [0.717, 1.165) is 0 Å². The molecule has 2 aromatic rings. The molecule has 2 rings (SSSR count). The Morgan fingerprint density at radius 1 is 0.952 bits per heavy atom. The van der Waals surface area contributed by atoms with Gasteiger partial charge in [-0.05, 0) is 36.4 Å². The van der Waals surface area contributed by atoms with Gasteiger partial charge in [-0.25, -0.2) is 0 Å². The summed E-state index contributed by atoms with van der Waals surface area (Å²) >= 11 is 0. The predicted octanol–water partition coefficient (Wildman–Crippen LogP) is 2.48. The van der Waals surface area contributed by atoms with Crippen LogP contribution in [0.2, 0.25) is 0 Å². The molecule has 0 atom stereocenters. The zero-order valence-corrected chi connectivity index (χ0v) is 11.1. The minimum absolute atomic E-state index is 0.0751. The van der Waals surface area contributed by atoms with E-state index in [-0.39, 0.29) is 12.5 Å². The van der Waals surface area contributed by atoms with Crippen LogP contribution < -0.4 is 10.6 Å². The molecule has 5 heteroatoms. The molecule has 5 nitrogen and oxygen atoms in total. The molecule has 0 aliphatic carbocycles. The summed E-state index contributed by atoms with van der Waals surface area (Å²) in [6, 6.07) is 17.6. The van der Waals surface area contributed by atoms with Crippen molar-refractivity contribution in [3.8, 4) is 12.1 Å². The van der Waals surface area contributed by atoms with Gasteiger partial charge >= 0.3 is 0 Å². The van der Waals surface area contributed by atoms with E-state index in [2.05, 4.69) is 10.6 Å². The predicted molar refractivity (Wildman–Crippen MR) is 79.4 cm³/mol. The average Bonchev–Trinajstić information content (AvgIpc) is 2.53. The lowest BCUT2D eigenvalue weighted by atomic mass is 10.2. The molecule has 0 heterocycles. The van der Waals surface area contributed by atoms with Crippen molar-refractivity contribution in [3.63, 3.8) is 0 Å². The molecule has 0 aliphatic rings. The van der Waals surface area contributed by atoms with Crippen molar-refractivity contribution in [1.82, 2.24) is 0 Å². The molecule has 102 valence electrons. The molecule has 0 radical (unpaired) electrons. The van der Waals surface area contributed by atoms with Crippen LogP contribution in [0.4, 0.5) is 11.4 Å². The smallest absolute Gasteiger partial charge is 0.243 e. The molecule has 1 amide bonds. The number of hydrogen-bond acceptors (Lipinski definition) is 4. The van der Waals surface area contributed by atoms with Gasteiger partial charge in [0, 0.05) is 11.4 Å². The minimum Gasteiger partial charge on any atom is -0.376 e. The molecule has 2 aromatic carbocycles. The molecule has 0 spiro atoms. The first-order valence-corrected chi connectivity index (χ1v) is 6.25. The van der Waals surface area contributed by atoms with Crippen molar-refractivity contribution < 1.29 is 4.79 Å². The van der Waals surface area contributed by atoms with Crippen LogP contribution >= 0.6 is 0 Å². The Labute approximate surface area is 122 Å². The molecule has 0 bridgehead atoms. The quantitative estimate of drug-likeness (QED) is 0.897. The molecule has 21 heavy (non-hydrogen) atoms. The summed E-state index contributed by atoms with van der Waals surface area (Å²) in [5.41, 5.74) is 2.30. The number of carbonyl (C=O) groups is 1. The van der Waals surface area contributed by atoms with Crippen LogP contribution in [0, 0.1) is 22.7 Å². The van der Waals surface area contributed by atoms with Crippen LogP contribution in [0.3, 0.4) is 0 Å². The number of nitrogens with one attached hydrogen (secondary N) is 2. The van der Waals surface area contributed by atoms with Gasteiger partial charge in [-0.3, -0.25) is 4.79 Å². The van der Waals surface area contributed by atoms with Crippen LogP contribution in [0.1, 0.15) is 11.1 Å². The van der Waals surface area contributed by atoms with E-state index in [1.54, 1.807) is 48.5 Å². The third-order valence-electron chi connectivity index (χ3n) is 2.72. The summed E-state index contributed by atoms with van der Waals surface area (Å²) in [4.78, 5) is 11.8. The molecule has 0 aliphatic heterocycles. The first-order chi connectivity index (χ1) is 10.2. The van der Waals surface area contributed by atoms with Crippen molar-refractivity contribution in [2.75, 3.05) is 17.2 Å². The molecule has 0 saturated carbocycles. The van der Waals surface area contributed by atoms with Gasteiger partial charge in [0.2, 0.25) is 5.91 Å². The number of carbonyl (C=O) groups excluding carboxylic acids is 1. The summed E-state index contributed by atoms with van der Waals surface area (Å²) in [6.45, 7) is 0.0751. The normalized spacial score (nSPS) is 9.24. The van der Waals surface area contributed by atoms with Gasteiger partial charge in [0.05, 0.1) is 29.8 Å². The van der Waals surface area contributed by atoms with Gasteiger partial charge < -0.3 is 10.6 Å². The van der Waals surface area contributed by atoms with Crippen LogP contribution in [0.5, 0.6) is 0 Å². The maximum absolute atomic E-state index is 11.8. The maximum Gasteiger partial charge on any atom is 0.243 e. The topological polar surface area (TPSA) is 88.7 Å². The Morgan fingerprint density at radius 3 is 2.14 bits per heavy atom. The van der Waals surface area contributed by atoms with Crippen molar-refractivity contribution in [1.29, 1.82) is 10.5 Å². The Bertz CT molecular complexity index is 740. The zero-order valence-electron chi connectivity index (χ0n) is 11.1.